The number of carboxylic acid groups (broad SMARTS) is 1. The molecule has 20 heavy (non-hydrogen) atoms. The molecule has 0 radical (unpaired) electrons. The van der Waals surface area contributed by atoms with E-state index >= 15 is 0 Å². The summed E-state index contributed by atoms with van der Waals surface area (Å²) in [6.07, 6.45) is 1.40. The molecular weight excluding hydrogens is 276 g/mol. The van der Waals surface area contributed by atoms with Crippen LogP contribution in [0.5, 0.6) is 5.75 Å². The molecule has 106 valence electrons. The van der Waals surface area contributed by atoms with Crippen molar-refractivity contribution in [1.82, 2.24) is 9.97 Å². The molecule has 6 heteroatoms. The van der Waals surface area contributed by atoms with E-state index in [-0.39, 0.29) is 11.1 Å². The van der Waals surface area contributed by atoms with Crippen LogP contribution in [-0.4, -0.2) is 21.0 Å². The number of aromatic carboxylic acids is 1. The zero-order valence-corrected chi connectivity index (χ0v) is 12.4. The van der Waals surface area contributed by atoms with E-state index in [0.29, 0.717) is 12.4 Å². The molecule has 0 aliphatic heterocycles. The summed E-state index contributed by atoms with van der Waals surface area (Å²) in [5.41, 5.74) is 1.07. The number of hydrogen-bond acceptors (Lipinski definition) is 5. The SMILES string of the molecule is CC(C)(C)c1csc(COc2ccc(C(=O)O)nc2)n1. The van der Waals surface area contributed by atoms with Crippen LogP contribution in [0.25, 0.3) is 0 Å². The monoisotopic (exact) mass is 292 g/mol. The average Bonchev–Trinajstić information content (AvgIpc) is 2.85. The summed E-state index contributed by atoms with van der Waals surface area (Å²) in [5.74, 6) is -0.520. The second-order valence-electron chi connectivity index (χ2n) is 5.35. The third-order valence-electron chi connectivity index (χ3n) is 2.64. The van der Waals surface area contributed by atoms with Crippen LogP contribution in [0.1, 0.15) is 42.0 Å². The van der Waals surface area contributed by atoms with Gasteiger partial charge >= 0.3 is 5.97 Å². The molecule has 0 bridgehead atoms. The van der Waals surface area contributed by atoms with Crippen molar-refractivity contribution in [1.29, 1.82) is 0 Å². The van der Waals surface area contributed by atoms with Crippen molar-refractivity contribution >= 4 is 17.3 Å². The van der Waals surface area contributed by atoms with Crippen molar-refractivity contribution in [3.05, 3.63) is 40.1 Å². The lowest BCUT2D eigenvalue weighted by Crippen LogP contribution is -2.11. The zero-order chi connectivity index (χ0) is 14.8. The molecule has 0 saturated heterocycles. The van der Waals surface area contributed by atoms with E-state index in [1.807, 2.05) is 5.38 Å². The van der Waals surface area contributed by atoms with Crippen molar-refractivity contribution in [2.45, 2.75) is 32.8 Å². The highest BCUT2D eigenvalue weighted by Crippen LogP contribution is 2.24. The van der Waals surface area contributed by atoms with Gasteiger partial charge in [0.05, 0.1) is 11.9 Å². The van der Waals surface area contributed by atoms with Gasteiger partial charge in [-0.1, -0.05) is 20.8 Å². The Kier molecular flexibility index (Phi) is 4.04. The molecule has 0 unspecified atom stereocenters. The van der Waals surface area contributed by atoms with Gasteiger partial charge in [-0.2, -0.15) is 0 Å². The third-order valence-corrected chi connectivity index (χ3v) is 3.46. The van der Waals surface area contributed by atoms with E-state index in [0.717, 1.165) is 10.7 Å². The number of nitrogens with zero attached hydrogens (tertiary/aromatic N) is 2. The molecule has 0 aliphatic carbocycles. The molecule has 0 aromatic carbocycles. The summed E-state index contributed by atoms with van der Waals surface area (Å²) in [6, 6.07) is 3.01. The fraction of sp³-hybridized carbons (Fsp3) is 0.357. The number of hydrogen-bond donors (Lipinski definition) is 1. The second-order valence-corrected chi connectivity index (χ2v) is 6.29. The van der Waals surface area contributed by atoms with E-state index < -0.39 is 5.97 Å². The normalized spacial score (nSPS) is 11.3. The summed E-state index contributed by atoms with van der Waals surface area (Å²) in [7, 11) is 0. The van der Waals surface area contributed by atoms with E-state index in [9.17, 15) is 4.79 Å². The predicted octanol–water partition coefficient (Wildman–Crippen LogP) is 3.11. The van der Waals surface area contributed by atoms with Crippen LogP contribution in [0.2, 0.25) is 0 Å². The Labute approximate surface area is 121 Å². The molecule has 5 nitrogen and oxygen atoms in total. The van der Waals surface area contributed by atoms with Crippen LogP contribution in [-0.2, 0) is 12.0 Å². The smallest absolute Gasteiger partial charge is 0.354 e. The first-order valence-corrected chi connectivity index (χ1v) is 7.01. The largest absolute Gasteiger partial charge is 0.485 e. The minimum atomic E-state index is -1.05. The van der Waals surface area contributed by atoms with E-state index in [1.54, 1.807) is 17.4 Å². The number of carbonyl (C=O) groups is 1. The Morgan fingerprint density at radius 3 is 2.65 bits per heavy atom. The Morgan fingerprint density at radius 2 is 2.15 bits per heavy atom. The summed E-state index contributed by atoms with van der Waals surface area (Å²) in [5, 5.41) is 11.7. The van der Waals surface area contributed by atoms with E-state index in [4.69, 9.17) is 9.84 Å². The Bertz CT molecular complexity index is 600. The van der Waals surface area contributed by atoms with Gasteiger partial charge in [-0.25, -0.2) is 14.8 Å². The number of rotatable bonds is 4. The van der Waals surface area contributed by atoms with Gasteiger partial charge in [-0.3, -0.25) is 0 Å². The maximum Gasteiger partial charge on any atom is 0.354 e. The van der Waals surface area contributed by atoms with Gasteiger partial charge in [-0.15, -0.1) is 11.3 Å². The Morgan fingerprint density at radius 1 is 1.40 bits per heavy atom. The number of carboxylic acids is 1. The van der Waals surface area contributed by atoms with Crippen LogP contribution < -0.4 is 4.74 Å². The zero-order valence-electron chi connectivity index (χ0n) is 11.6. The quantitative estimate of drug-likeness (QED) is 0.937. The number of aromatic nitrogens is 2. The van der Waals surface area contributed by atoms with Gasteiger partial charge in [-0.05, 0) is 12.1 Å². The standard InChI is InChI=1S/C14H16N2O3S/c1-14(2,3)11-8-20-12(16-11)7-19-9-4-5-10(13(17)18)15-6-9/h4-6,8H,7H2,1-3H3,(H,17,18). The predicted molar refractivity (Wildman–Crippen MR) is 76.3 cm³/mol. The molecular formula is C14H16N2O3S. The van der Waals surface area contributed by atoms with Crippen LogP contribution in [0.15, 0.2) is 23.7 Å². The highest BCUT2D eigenvalue weighted by molar-refractivity contribution is 7.09. The van der Waals surface area contributed by atoms with Crippen molar-refractivity contribution in [3.63, 3.8) is 0 Å². The second kappa shape index (κ2) is 5.58. The highest BCUT2D eigenvalue weighted by atomic mass is 32.1. The fourth-order valence-corrected chi connectivity index (χ4v) is 2.39. The van der Waals surface area contributed by atoms with Crippen LogP contribution in [0, 0.1) is 0 Å². The lowest BCUT2D eigenvalue weighted by atomic mass is 9.93. The van der Waals surface area contributed by atoms with Gasteiger partial charge in [0.25, 0.3) is 0 Å². The summed E-state index contributed by atoms with van der Waals surface area (Å²) >= 11 is 1.55. The molecule has 0 spiro atoms. The minimum absolute atomic E-state index is 0.00150. The Hall–Kier alpha value is -1.95. The van der Waals surface area contributed by atoms with Crippen molar-refractivity contribution in [2.24, 2.45) is 0 Å². The number of pyridine rings is 1. The van der Waals surface area contributed by atoms with Crippen molar-refractivity contribution < 1.29 is 14.6 Å². The van der Waals surface area contributed by atoms with Crippen LogP contribution in [0.3, 0.4) is 0 Å². The summed E-state index contributed by atoms with van der Waals surface area (Å²) < 4.78 is 5.55. The van der Waals surface area contributed by atoms with Crippen molar-refractivity contribution in [3.8, 4) is 5.75 Å². The first-order chi connectivity index (χ1) is 9.36. The topological polar surface area (TPSA) is 72.3 Å². The van der Waals surface area contributed by atoms with E-state index in [1.165, 1.54) is 12.3 Å². The lowest BCUT2D eigenvalue weighted by molar-refractivity contribution is 0.0690. The lowest BCUT2D eigenvalue weighted by Gasteiger charge is -2.14. The highest BCUT2D eigenvalue weighted by Gasteiger charge is 2.17. The maximum absolute atomic E-state index is 10.7. The maximum atomic E-state index is 10.7. The Balaban J connectivity index is 1.98. The van der Waals surface area contributed by atoms with Gasteiger partial charge in [0.1, 0.15) is 23.1 Å². The fourth-order valence-electron chi connectivity index (χ4n) is 1.46. The number of thiazole rings is 1. The summed E-state index contributed by atoms with van der Waals surface area (Å²) in [6.45, 7) is 6.69. The molecule has 1 N–H and O–H groups in total. The van der Waals surface area contributed by atoms with Crippen molar-refractivity contribution in [2.75, 3.05) is 0 Å². The minimum Gasteiger partial charge on any atom is -0.485 e. The first-order valence-electron chi connectivity index (χ1n) is 6.13. The molecule has 0 aliphatic rings. The molecule has 2 aromatic heterocycles. The van der Waals surface area contributed by atoms with Gasteiger partial charge < -0.3 is 9.84 Å². The van der Waals surface area contributed by atoms with Crippen LogP contribution in [0.4, 0.5) is 0 Å². The molecule has 2 rings (SSSR count). The molecule has 2 heterocycles. The molecule has 0 saturated carbocycles. The first kappa shape index (κ1) is 14.5. The van der Waals surface area contributed by atoms with Gasteiger partial charge in [0, 0.05) is 10.8 Å². The third kappa shape index (κ3) is 3.54. The average molecular weight is 292 g/mol. The van der Waals surface area contributed by atoms with Gasteiger partial charge in [0.2, 0.25) is 0 Å². The van der Waals surface area contributed by atoms with Gasteiger partial charge in [0.15, 0.2) is 0 Å². The summed E-state index contributed by atoms with van der Waals surface area (Å²) in [4.78, 5) is 19.0. The van der Waals surface area contributed by atoms with Crippen LogP contribution >= 0.6 is 11.3 Å². The molecule has 2 aromatic rings. The van der Waals surface area contributed by atoms with E-state index in [2.05, 4.69) is 30.7 Å². The molecule has 0 atom stereocenters. The number of ether oxygens (including phenoxy) is 1. The molecule has 0 amide bonds. The molecule has 0 fully saturated rings.